The van der Waals surface area contributed by atoms with Gasteiger partial charge >= 0.3 is 5.97 Å². The summed E-state index contributed by atoms with van der Waals surface area (Å²) in [5.41, 5.74) is 6.67. The lowest BCUT2D eigenvalue weighted by Crippen LogP contribution is -2.36. The van der Waals surface area contributed by atoms with Gasteiger partial charge < -0.3 is 14.8 Å². The highest BCUT2D eigenvalue weighted by atomic mass is 32.1. The third-order valence-electron chi connectivity index (χ3n) is 7.80. The lowest BCUT2D eigenvalue weighted by Gasteiger charge is -2.21. The number of oxime groups is 1. The molecule has 0 spiro atoms. The number of carboxylic acids is 1. The Morgan fingerprint density at radius 2 is 1.40 bits per heavy atom. The van der Waals surface area contributed by atoms with Gasteiger partial charge in [-0.05, 0) is 54.3 Å². The second kappa shape index (κ2) is 15.3. The summed E-state index contributed by atoms with van der Waals surface area (Å²) >= 11 is 3.57. The van der Waals surface area contributed by atoms with E-state index >= 15 is 0 Å². The molecular formula is C35H39N3O3S2. The van der Waals surface area contributed by atoms with E-state index in [0.29, 0.717) is 26.2 Å². The molecule has 1 unspecified atom stereocenters. The molecule has 0 radical (unpaired) electrons. The van der Waals surface area contributed by atoms with Gasteiger partial charge in [-0.25, -0.2) is 0 Å². The number of thiophene rings is 2. The van der Waals surface area contributed by atoms with E-state index in [4.69, 9.17) is 4.84 Å². The number of nitrogens with zero attached hydrogens (tertiary/aromatic N) is 3. The van der Waals surface area contributed by atoms with Crippen molar-refractivity contribution >= 4 is 39.9 Å². The van der Waals surface area contributed by atoms with E-state index in [1.807, 2.05) is 60.7 Å². The van der Waals surface area contributed by atoms with Gasteiger partial charge in [-0.1, -0.05) is 71.9 Å². The van der Waals surface area contributed by atoms with Gasteiger partial charge in [-0.2, -0.15) is 0 Å². The highest BCUT2D eigenvalue weighted by Gasteiger charge is 2.27. The molecule has 0 amide bonds. The normalized spacial score (nSPS) is 15.9. The summed E-state index contributed by atoms with van der Waals surface area (Å²) < 4.78 is 0. The van der Waals surface area contributed by atoms with Gasteiger partial charge in [-0.15, -0.1) is 22.7 Å². The molecule has 224 valence electrons. The van der Waals surface area contributed by atoms with Crippen LogP contribution < -0.4 is 0 Å². The molecule has 1 saturated heterocycles. The Hall–Kier alpha value is -3.56. The quantitative estimate of drug-likeness (QED) is 0.106. The fourth-order valence-corrected chi connectivity index (χ4v) is 7.44. The fraction of sp³-hybridized carbons (Fsp3) is 0.314. The summed E-state index contributed by atoms with van der Waals surface area (Å²) in [5.74, 6) is -1.19. The van der Waals surface area contributed by atoms with Crippen LogP contribution in [0.25, 0.3) is 5.57 Å². The van der Waals surface area contributed by atoms with Gasteiger partial charge in [-0.3, -0.25) is 9.69 Å². The zero-order valence-corrected chi connectivity index (χ0v) is 26.4. The molecule has 4 aromatic rings. The summed E-state index contributed by atoms with van der Waals surface area (Å²) in [6.07, 6.45) is 3.22. The van der Waals surface area contributed by atoms with Crippen molar-refractivity contribution in [2.75, 3.05) is 45.9 Å². The predicted molar refractivity (Wildman–Crippen MR) is 178 cm³/mol. The largest absolute Gasteiger partial charge is 0.481 e. The van der Waals surface area contributed by atoms with Crippen LogP contribution in [0, 0.1) is 19.8 Å². The Morgan fingerprint density at radius 1 is 0.860 bits per heavy atom. The molecule has 1 fully saturated rings. The molecule has 0 saturated carbocycles. The minimum absolute atomic E-state index is 0.391. The molecule has 3 heterocycles. The molecule has 6 nitrogen and oxygen atoms in total. The Bertz CT molecular complexity index is 1440. The van der Waals surface area contributed by atoms with E-state index in [1.165, 1.54) is 26.5 Å². The van der Waals surface area contributed by atoms with Crippen molar-refractivity contribution in [1.29, 1.82) is 0 Å². The van der Waals surface area contributed by atoms with Crippen LogP contribution >= 0.6 is 22.7 Å². The zero-order chi connectivity index (χ0) is 30.0. The van der Waals surface area contributed by atoms with Crippen LogP contribution in [-0.4, -0.2) is 72.5 Å². The minimum atomic E-state index is -0.745. The number of aliphatic carboxylic acids is 1. The van der Waals surface area contributed by atoms with E-state index in [2.05, 4.69) is 57.8 Å². The third kappa shape index (κ3) is 8.30. The molecule has 8 heteroatoms. The Labute approximate surface area is 262 Å². The zero-order valence-electron chi connectivity index (χ0n) is 24.8. The van der Waals surface area contributed by atoms with Crippen LogP contribution in [0.15, 0.2) is 94.8 Å². The maximum absolute atomic E-state index is 12.2. The topological polar surface area (TPSA) is 65.4 Å². The molecule has 1 aliphatic heterocycles. The first-order chi connectivity index (χ1) is 21.0. The lowest BCUT2D eigenvalue weighted by molar-refractivity contribution is -0.142. The van der Waals surface area contributed by atoms with Crippen molar-refractivity contribution in [3.63, 3.8) is 0 Å². The molecule has 1 atom stereocenters. The summed E-state index contributed by atoms with van der Waals surface area (Å²) in [6, 6.07) is 24.4. The van der Waals surface area contributed by atoms with Crippen LogP contribution in [-0.2, 0) is 9.63 Å². The van der Waals surface area contributed by atoms with Crippen molar-refractivity contribution < 1.29 is 14.7 Å². The highest BCUT2D eigenvalue weighted by Crippen LogP contribution is 2.35. The minimum Gasteiger partial charge on any atom is -0.481 e. The molecule has 1 N–H and O–H groups in total. The number of rotatable bonds is 12. The average Bonchev–Trinajstić information content (AvgIpc) is 3.58. The molecule has 0 aliphatic carbocycles. The van der Waals surface area contributed by atoms with E-state index in [-0.39, 0.29) is 0 Å². The molecule has 5 rings (SSSR count). The summed E-state index contributed by atoms with van der Waals surface area (Å²) in [5, 5.41) is 18.8. The van der Waals surface area contributed by atoms with Crippen LogP contribution in [0.5, 0.6) is 0 Å². The SMILES string of the molecule is Cc1ccsc1C(=CCCN1CCN(CCON=C(c2ccccc2)c2ccccc2)CC(C(=O)O)C1)c1sccc1C. The molecule has 1 aliphatic rings. The Balaban J connectivity index is 1.20. The van der Waals surface area contributed by atoms with E-state index < -0.39 is 11.9 Å². The van der Waals surface area contributed by atoms with Crippen molar-refractivity contribution in [2.45, 2.75) is 20.3 Å². The van der Waals surface area contributed by atoms with Crippen LogP contribution in [0.3, 0.4) is 0 Å². The van der Waals surface area contributed by atoms with Gasteiger partial charge in [0.2, 0.25) is 0 Å². The van der Waals surface area contributed by atoms with Crippen LogP contribution in [0.1, 0.15) is 38.4 Å². The smallest absolute Gasteiger partial charge is 0.309 e. The second-order valence-electron chi connectivity index (χ2n) is 10.9. The van der Waals surface area contributed by atoms with Gasteiger partial charge in [0, 0.05) is 65.7 Å². The number of aryl methyl sites for hydroxylation is 2. The molecule has 2 aromatic carbocycles. The number of benzene rings is 2. The summed E-state index contributed by atoms with van der Waals surface area (Å²) in [6.45, 7) is 8.86. The number of hydrogen-bond acceptors (Lipinski definition) is 7. The molecule has 2 aromatic heterocycles. The van der Waals surface area contributed by atoms with E-state index in [9.17, 15) is 9.90 Å². The van der Waals surface area contributed by atoms with Gasteiger partial charge in [0.15, 0.2) is 0 Å². The van der Waals surface area contributed by atoms with Crippen molar-refractivity contribution in [3.05, 3.63) is 122 Å². The van der Waals surface area contributed by atoms with Crippen LogP contribution in [0.4, 0.5) is 0 Å². The number of carboxylic acid groups (broad SMARTS) is 1. The molecular weight excluding hydrogens is 575 g/mol. The third-order valence-corrected chi connectivity index (χ3v) is 9.89. The first-order valence-electron chi connectivity index (χ1n) is 14.8. The summed E-state index contributed by atoms with van der Waals surface area (Å²) in [7, 11) is 0. The Kier molecular flexibility index (Phi) is 11.0. The monoisotopic (exact) mass is 613 g/mol. The lowest BCUT2D eigenvalue weighted by atomic mass is 10.0. The van der Waals surface area contributed by atoms with Crippen molar-refractivity contribution in [1.82, 2.24) is 9.80 Å². The fourth-order valence-electron chi connectivity index (χ4n) is 5.43. The van der Waals surface area contributed by atoms with E-state index in [1.54, 1.807) is 22.7 Å². The van der Waals surface area contributed by atoms with Gasteiger partial charge in [0.05, 0.1) is 5.92 Å². The predicted octanol–water partition coefficient (Wildman–Crippen LogP) is 7.04. The standard InChI is InChI=1S/C35H39N3O3S2/c1-26-15-22-42-33(26)31(34-27(2)16-23-43-34)14-9-17-37-18-19-38(25-30(24-37)35(39)40)20-21-41-36-32(28-10-5-3-6-11-28)29-12-7-4-8-13-29/h3-8,10-16,22-23,30H,9,17-21,24-25H2,1-2H3,(H,39,40). The van der Waals surface area contributed by atoms with Gasteiger partial charge in [0.1, 0.15) is 12.3 Å². The highest BCUT2D eigenvalue weighted by molar-refractivity contribution is 7.14. The average molecular weight is 614 g/mol. The summed E-state index contributed by atoms with van der Waals surface area (Å²) in [4.78, 5) is 25.2. The maximum atomic E-state index is 12.2. The second-order valence-corrected chi connectivity index (χ2v) is 12.7. The van der Waals surface area contributed by atoms with Crippen molar-refractivity contribution in [2.24, 2.45) is 11.1 Å². The van der Waals surface area contributed by atoms with Gasteiger partial charge in [0.25, 0.3) is 0 Å². The number of hydrogen-bond donors (Lipinski definition) is 1. The molecule has 43 heavy (non-hydrogen) atoms. The van der Waals surface area contributed by atoms with Crippen LogP contribution in [0.2, 0.25) is 0 Å². The maximum Gasteiger partial charge on any atom is 0.309 e. The molecule has 0 bridgehead atoms. The first-order valence-corrected chi connectivity index (χ1v) is 16.5. The van der Waals surface area contributed by atoms with Crippen molar-refractivity contribution in [3.8, 4) is 0 Å². The Morgan fingerprint density at radius 3 is 1.88 bits per heavy atom. The number of carbonyl (C=O) groups is 1. The van der Waals surface area contributed by atoms with E-state index in [0.717, 1.165) is 42.9 Å². The first kappa shape index (κ1) is 30.9.